The van der Waals surface area contributed by atoms with Crippen LogP contribution in [-0.4, -0.2) is 134 Å². The minimum Gasteiger partial charge on any atom is -0.492 e. The fraction of sp³-hybridized carbons (Fsp3) is 0.579. The summed E-state index contributed by atoms with van der Waals surface area (Å²) in [5.41, 5.74) is 8.34. The van der Waals surface area contributed by atoms with Gasteiger partial charge in [-0.3, -0.25) is 0 Å². The summed E-state index contributed by atoms with van der Waals surface area (Å²) in [4.78, 5) is 18.1. The summed E-state index contributed by atoms with van der Waals surface area (Å²) in [7, 11) is -4.55. The average molecular weight is 1530 g/mol. The molecule has 4 aliphatic carbocycles. The van der Waals surface area contributed by atoms with E-state index in [4.69, 9.17) is 61.1 Å². The summed E-state index contributed by atoms with van der Waals surface area (Å²) in [5, 5.41) is 57.1. The Morgan fingerprint density at radius 2 is 0.596 bits per heavy atom. The van der Waals surface area contributed by atoms with Gasteiger partial charge in [0.2, 0.25) is 0 Å². The number of aliphatic hydroxyl groups excluding tert-OH is 2. The van der Waals surface area contributed by atoms with Crippen LogP contribution >= 0.6 is 23.2 Å². The van der Waals surface area contributed by atoms with Gasteiger partial charge in [-0.1, -0.05) is 78.6 Å². The van der Waals surface area contributed by atoms with E-state index in [2.05, 4.69) is 123 Å². The van der Waals surface area contributed by atoms with Gasteiger partial charge in [-0.25, -0.2) is 19.9 Å². The van der Waals surface area contributed by atoms with Crippen molar-refractivity contribution in [3.63, 3.8) is 0 Å². The van der Waals surface area contributed by atoms with Crippen molar-refractivity contribution in [2.45, 2.75) is 206 Å². The van der Waals surface area contributed by atoms with Crippen LogP contribution in [0.25, 0.3) is 44.1 Å². The third-order valence-corrected chi connectivity index (χ3v) is 25.6. The van der Waals surface area contributed by atoms with Gasteiger partial charge in [-0.15, -0.1) is 23.2 Å². The van der Waals surface area contributed by atoms with Crippen LogP contribution in [0.5, 0.6) is 23.0 Å². The molecule has 0 bridgehead atoms. The maximum Gasteiger partial charge on any atom is 0.139 e. The first-order chi connectivity index (χ1) is 49.6. The number of aromatic nitrogens is 8. The Balaban J connectivity index is 0.000000161. The van der Waals surface area contributed by atoms with E-state index in [9.17, 15) is 31.3 Å². The Hall–Kier alpha value is -6.87. The van der Waals surface area contributed by atoms with E-state index in [1.54, 1.807) is 24.3 Å². The maximum absolute atomic E-state index is 9.66. The van der Waals surface area contributed by atoms with Gasteiger partial charge in [-0.2, -0.15) is 21.0 Å². The second-order valence-electron chi connectivity index (χ2n) is 32.6. The summed E-state index contributed by atoms with van der Waals surface area (Å²) < 4.78 is 54.5. The van der Waals surface area contributed by atoms with E-state index in [1.807, 2.05) is 42.5 Å². The first-order valence-electron chi connectivity index (χ1n) is 36.5. The number of rotatable bonds is 36. The van der Waals surface area contributed by atoms with Crippen molar-refractivity contribution in [1.29, 1.82) is 21.0 Å². The lowest BCUT2D eigenvalue weighted by molar-refractivity contribution is 0.0844. The summed E-state index contributed by atoms with van der Waals surface area (Å²) in [6.45, 7) is 34.5. The molecule has 104 heavy (non-hydrogen) atoms. The lowest BCUT2D eigenvalue weighted by atomic mass is 10.2. The summed E-state index contributed by atoms with van der Waals surface area (Å²) in [5.74, 6) is 8.04. The predicted octanol–water partition coefficient (Wildman–Crippen LogP) is 16.5. The molecule has 12 rings (SSSR count). The smallest absolute Gasteiger partial charge is 0.139 e. The van der Waals surface area contributed by atoms with Crippen LogP contribution in [0.1, 0.15) is 96.9 Å². The van der Waals surface area contributed by atoms with Crippen molar-refractivity contribution in [3.05, 3.63) is 94.1 Å². The Bertz CT molecular complexity index is 4100. The molecule has 0 amide bonds. The zero-order chi connectivity index (χ0) is 74.9. The van der Waals surface area contributed by atoms with E-state index < -0.39 is 32.3 Å². The molecule has 4 saturated carbocycles. The molecule has 22 nitrogen and oxygen atoms in total. The molecule has 560 valence electrons. The summed E-state index contributed by atoms with van der Waals surface area (Å²) in [6, 6.07) is 27.8. The third kappa shape index (κ3) is 24.6. The number of halogens is 2. The molecule has 4 aromatic heterocycles. The standard InChI is InChI=1S/2C19H26ClN3O2Si.2C19H27N3O3Si/c1-26(2,3)7-6-24-13-23-17-8-15(11-21)18(25-12-14-4-5-14)9-16(17)22-19(23)10-20;1-26(2,3)7-6-24-13-23-17-9-18(25-12-14-4-5-14)15(11-21)8-16(17)22-19(23)10-20;1-26(2,3)7-6-24-13-22-17-8-15(10-20)18(25-12-14-4-5-14)9-16(17)21-19(22)11-23;1-26(2,3)7-6-24-13-22-17-9-18(25-12-14-4-5-14)15(10-20)8-16(17)21-19(22)11-23/h2*8-9,14H,4-7,10,12-13H2,1-3H3;2*8-9,14,23H,4-7,11-13H2,1-3H3. The number of nitrogens with zero attached hydrogens (tertiary/aromatic N) is 12. The van der Waals surface area contributed by atoms with Crippen molar-refractivity contribution in [3.8, 4) is 47.3 Å². The van der Waals surface area contributed by atoms with E-state index in [-0.39, 0.29) is 13.2 Å². The topological polar surface area (TPSA) is 281 Å². The highest BCUT2D eigenvalue weighted by Gasteiger charge is 2.28. The SMILES string of the molecule is C[Si](C)(C)CCOCn1c(CCl)nc2cc(C#N)c(OCC3CC3)cc21.C[Si](C)(C)CCOCn1c(CCl)nc2cc(OCC3CC3)c(C#N)cc21.C[Si](C)(C)CCOCn1c(CO)nc2cc(C#N)c(OCC3CC3)cc21.C[Si](C)(C)CCOCn1c(CO)nc2cc(OCC3CC3)c(C#N)cc21. The van der Waals surface area contributed by atoms with Crippen molar-refractivity contribution >= 4 is 99.6 Å². The molecule has 0 atom stereocenters. The summed E-state index contributed by atoms with van der Waals surface area (Å²) >= 11 is 12.2. The second kappa shape index (κ2) is 37.1. The fourth-order valence-electron chi connectivity index (χ4n) is 10.8. The molecule has 0 unspecified atom stereocenters. The van der Waals surface area contributed by atoms with Crippen LogP contribution in [0.15, 0.2) is 48.5 Å². The lowest BCUT2D eigenvalue weighted by Gasteiger charge is -2.16. The molecule has 0 spiro atoms. The van der Waals surface area contributed by atoms with Gasteiger partial charge < -0.3 is 66.4 Å². The average Bonchev–Trinajstić information content (AvgIpc) is 1.65. The van der Waals surface area contributed by atoms with E-state index in [0.717, 1.165) is 82.1 Å². The van der Waals surface area contributed by atoms with E-state index in [0.29, 0.717) is 170 Å². The predicted molar refractivity (Wildman–Crippen MR) is 418 cm³/mol. The van der Waals surface area contributed by atoms with Gasteiger partial charge in [0, 0.05) is 83.0 Å². The molecular weight excluding hydrogens is 1420 g/mol. The van der Waals surface area contributed by atoms with Crippen LogP contribution < -0.4 is 18.9 Å². The molecule has 2 N–H and O–H groups in total. The number of benzene rings is 4. The van der Waals surface area contributed by atoms with Gasteiger partial charge in [0.15, 0.2) is 0 Å². The molecule has 0 radical (unpaired) electrons. The van der Waals surface area contributed by atoms with Gasteiger partial charge >= 0.3 is 0 Å². The number of ether oxygens (including phenoxy) is 8. The molecule has 4 heterocycles. The number of hydrogen-bond donors (Lipinski definition) is 2. The van der Waals surface area contributed by atoms with Crippen molar-refractivity contribution in [2.75, 3.05) is 52.9 Å². The first kappa shape index (κ1) is 81.2. The van der Waals surface area contributed by atoms with Crippen LogP contribution in [0.4, 0.5) is 0 Å². The van der Waals surface area contributed by atoms with Gasteiger partial charge in [0.05, 0.1) is 105 Å². The summed E-state index contributed by atoms with van der Waals surface area (Å²) in [6.07, 6.45) is 9.63. The Labute approximate surface area is 627 Å². The minimum absolute atomic E-state index is 0.174. The number of alkyl halides is 2. The monoisotopic (exact) mass is 1530 g/mol. The molecule has 0 saturated heterocycles. The van der Waals surface area contributed by atoms with E-state index >= 15 is 0 Å². The second-order valence-corrected chi connectivity index (χ2v) is 55.6. The quantitative estimate of drug-likeness (QED) is 0.0210. The van der Waals surface area contributed by atoms with Gasteiger partial charge in [0.1, 0.15) is 111 Å². The van der Waals surface area contributed by atoms with Crippen molar-refractivity contribution < 1.29 is 48.1 Å². The Kier molecular flexibility index (Phi) is 29.0. The molecule has 8 aromatic rings. The number of hydrogen-bond acceptors (Lipinski definition) is 18. The van der Waals surface area contributed by atoms with Crippen molar-refractivity contribution in [1.82, 2.24) is 38.2 Å². The van der Waals surface area contributed by atoms with Crippen LogP contribution in [0.3, 0.4) is 0 Å². The zero-order valence-electron chi connectivity index (χ0n) is 63.0. The van der Waals surface area contributed by atoms with Crippen molar-refractivity contribution in [2.24, 2.45) is 23.7 Å². The van der Waals surface area contributed by atoms with Crippen LogP contribution in [0, 0.1) is 69.0 Å². The number of aliphatic hydroxyl groups is 2. The molecule has 28 heteroatoms. The number of fused-ring (bicyclic) bond motifs is 4. The maximum atomic E-state index is 9.66. The zero-order valence-corrected chi connectivity index (χ0v) is 68.5. The lowest BCUT2D eigenvalue weighted by Crippen LogP contribution is -2.22. The van der Waals surface area contributed by atoms with E-state index in [1.165, 1.54) is 51.4 Å². The molecule has 4 aliphatic rings. The number of imidazole rings is 4. The highest BCUT2D eigenvalue weighted by Crippen LogP contribution is 2.37. The molecule has 4 fully saturated rings. The number of nitriles is 4. The molecule has 4 aromatic carbocycles. The Morgan fingerprint density at radius 3 is 0.837 bits per heavy atom. The Morgan fingerprint density at radius 1 is 0.365 bits per heavy atom. The third-order valence-electron chi connectivity index (χ3n) is 18.3. The minimum atomic E-state index is -1.15. The highest BCUT2D eigenvalue weighted by atomic mass is 35.5. The largest absolute Gasteiger partial charge is 0.492 e. The van der Waals surface area contributed by atoms with Gasteiger partial charge in [0.25, 0.3) is 0 Å². The highest BCUT2D eigenvalue weighted by molar-refractivity contribution is 6.77. The first-order valence-corrected chi connectivity index (χ1v) is 52.4. The van der Waals surface area contributed by atoms with Gasteiger partial charge in [-0.05, 0) is 123 Å². The van der Waals surface area contributed by atoms with Crippen LogP contribution in [-0.2, 0) is 70.8 Å². The molecular formula is C76H106Cl2N12O10Si4. The fourth-order valence-corrected chi connectivity index (χ4v) is 14.2. The molecule has 0 aliphatic heterocycles. The van der Waals surface area contributed by atoms with Crippen LogP contribution in [0.2, 0.25) is 103 Å². The normalized spacial score (nSPS) is 14.6.